The van der Waals surface area contributed by atoms with Gasteiger partial charge >= 0.3 is 4.87 Å². The molecule has 3 heterocycles. The molecule has 0 bridgehead atoms. The van der Waals surface area contributed by atoms with Crippen molar-refractivity contribution in [2.75, 3.05) is 7.05 Å². The first-order chi connectivity index (χ1) is 12.8. The van der Waals surface area contributed by atoms with E-state index in [0.29, 0.717) is 11.6 Å². The first kappa shape index (κ1) is 18.3. The molecule has 0 amide bonds. The molecule has 9 heteroatoms. The molecule has 1 saturated carbocycles. The predicted octanol–water partition coefficient (Wildman–Crippen LogP) is 2.31. The highest BCUT2D eigenvalue weighted by molar-refractivity contribution is 7.16. The molecule has 2 fully saturated rings. The largest absolute Gasteiger partial charge is 0.379 e. The van der Waals surface area contributed by atoms with Crippen molar-refractivity contribution in [3.8, 4) is 0 Å². The molecular weight excluding hydrogens is 366 g/mol. The number of nitrogens with zero attached hydrogens (tertiary/aromatic N) is 4. The van der Waals surface area contributed by atoms with Crippen LogP contribution in [0.4, 0.5) is 5.95 Å². The third kappa shape index (κ3) is 2.99. The summed E-state index contributed by atoms with van der Waals surface area (Å²) in [5, 5.41) is 2.83. The summed E-state index contributed by atoms with van der Waals surface area (Å²) in [6.45, 7) is 9.60. The third-order valence-electron chi connectivity index (χ3n) is 5.04. The molecule has 4 atom stereocenters. The second-order valence-corrected chi connectivity index (χ2v) is 8.28. The molecule has 2 aromatic heterocycles. The van der Waals surface area contributed by atoms with Gasteiger partial charge in [-0.15, -0.1) is 6.58 Å². The average Bonchev–Trinajstić information content (AvgIpc) is 3.21. The van der Waals surface area contributed by atoms with E-state index >= 15 is 0 Å². The quantitative estimate of drug-likeness (QED) is 0.490. The molecule has 1 saturated heterocycles. The van der Waals surface area contributed by atoms with Gasteiger partial charge in [0.1, 0.15) is 6.10 Å². The summed E-state index contributed by atoms with van der Waals surface area (Å²) in [6.07, 6.45) is 3.79. The number of fused-ring (bicyclic) bond motifs is 2. The summed E-state index contributed by atoms with van der Waals surface area (Å²) in [5.41, 5.74) is 1.34. The Morgan fingerprint density at radius 3 is 2.81 bits per heavy atom. The summed E-state index contributed by atoms with van der Waals surface area (Å²) in [7, 11) is 1.75. The first-order valence-corrected chi connectivity index (χ1v) is 9.74. The second-order valence-electron chi connectivity index (χ2n) is 7.31. The molecule has 0 radical (unpaired) electrons. The van der Waals surface area contributed by atoms with Gasteiger partial charge in [-0.2, -0.15) is 4.98 Å². The maximum absolute atomic E-state index is 12.9. The van der Waals surface area contributed by atoms with Crippen molar-refractivity contribution in [3.63, 3.8) is 0 Å². The normalized spacial score (nSPS) is 29.5. The molecule has 8 nitrogen and oxygen atoms in total. The highest BCUT2D eigenvalue weighted by Crippen LogP contribution is 2.47. The number of nitrogens with one attached hydrogen (secondary N) is 1. The fraction of sp³-hybridized carbons (Fsp3) is 0.556. The van der Waals surface area contributed by atoms with Gasteiger partial charge in [-0.3, -0.25) is 9.36 Å². The zero-order chi connectivity index (χ0) is 19.3. The van der Waals surface area contributed by atoms with Crippen LogP contribution < -0.4 is 10.2 Å². The highest BCUT2D eigenvalue weighted by Gasteiger charge is 2.54. The van der Waals surface area contributed by atoms with Crippen molar-refractivity contribution in [1.29, 1.82) is 0 Å². The van der Waals surface area contributed by atoms with Gasteiger partial charge in [0.15, 0.2) is 11.4 Å². The predicted molar refractivity (Wildman–Crippen MR) is 105 cm³/mol. The Morgan fingerprint density at radius 1 is 1.37 bits per heavy atom. The first-order valence-electron chi connectivity index (χ1n) is 8.92. The van der Waals surface area contributed by atoms with Gasteiger partial charge in [0, 0.05) is 13.0 Å². The zero-order valence-corrected chi connectivity index (χ0v) is 16.6. The molecule has 2 aliphatic rings. The second kappa shape index (κ2) is 6.50. The molecule has 1 aliphatic carbocycles. The molecule has 2 aromatic rings. The van der Waals surface area contributed by atoms with Crippen molar-refractivity contribution in [1.82, 2.24) is 19.9 Å². The Hall–Kier alpha value is -2.10. The van der Waals surface area contributed by atoms with E-state index in [0.717, 1.165) is 28.2 Å². The lowest BCUT2D eigenvalue weighted by molar-refractivity contribution is -0.158. The number of ether oxygens (including phenoxy) is 2. The van der Waals surface area contributed by atoms with Crippen LogP contribution in [0, 0.1) is 12.8 Å². The fourth-order valence-electron chi connectivity index (χ4n) is 3.99. The number of thiazole rings is 1. The molecular formula is C18H23N5O3S. The van der Waals surface area contributed by atoms with Crippen LogP contribution in [0.2, 0.25) is 0 Å². The monoisotopic (exact) mass is 389 g/mol. The lowest BCUT2D eigenvalue weighted by Gasteiger charge is -2.23. The average molecular weight is 389 g/mol. The molecule has 27 heavy (non-hydrogen) atoms. The minimum Gasteiger partial charge on any atom is -0.379 e. The summed E-state index contributed by atoms with van der Waals surface area (Å²) in [5.74, 6) is -0.245. The molecule has 1 unspecified atom stereocenters. The van der Waals surface area contributed by atoms with Crippen LogP contribution in [0.3, 0.4) is 0 Å². The van der Waals surface area contributed by atoms with Gasteiger partial charge < -0.3 is 14.8 Å². The fourth-order valence-corrected chi connectivity index (χ4v) is 4.91. The lowest BCUT2D eigenvalue weighted by atomic mass is 10.1. The molecule has 1 aliphatic heterocycles. The molecule has 4 rings (SSSR count). The van der Waals surface area contributed by atoms with E-state index in [-0.39, 0.29) is 29.0 Å². The summed E-state index contributed by atoms with van der Waals surface area (Å²) in [6, 6.07) is -0.170. The van der Waals surface area contributed by atoms with Crippen LogP contribution in [0.5, 0.6) is 0 Å². The van der Waals surface area contributed by atoms with Crippen LogP contribution in [0.15, 0.2) is 22.4 Å². The topological polar surface area (TPSA) is 90.6 Å². The van der Waals surface area contributed by atoms with Crippen molar-refractivity contribution >= 4 is 34.0 Å². The van der Waals surface area contributed by atoms with E-state index in [4.69, 9.17) is 9.47 Å². The molecule has 0 spiro atoms. The van der Waals surface area contributed by atoms with Gasteiger partial charge in [-0.25, -0.2) is 9.98 Å². The molecule has 0 aromatic carbocycles. The van der Waals surface area contributed by atoms with Crippen LogP contribution in [0.25, 0.3) is 10.3 Å². The smallest absolute Gasteiger partial charge is 0.309 e. The van der Waals surface area contributed by atoms with Crippen LogP contribution in [-0.2, 0) is 9.47 Å². The molecule has 1 N–H and O–H groups in total. The number of aliphatic imine (C=N–C) groups is 1. The van der Waals surface area contributed by atoms with Gasteiger partial charge in [0.2, 0.25) is 0 Å². The lowest BCUT2D eigenvalue weighted by Crippen LogP contribution is -2.31. The number of aromatic nitrogens is 3. The Balaban J connectivity index is 1.85. The van der Waals surface area contributed by atoms with E-state index in [1.165, 1.54) is 6.34 Å². The third-order valence-corrected chi connectivity index (χ3v) is 6.09. The van der Waals surface area contributed by atoms with Gasteiger partial charge in [-0.05, 0) is 27.2 Å². The highest BCUT2D eigenvalue weighted by atomic mass is 32.1. The van der Waals surface area contributed by atoms with Crippen LogP contribution in [0.1, 0.15) is 32.0 Å². The van der Waals surface area contributed by atoms with Gasteiger partial charge in [0.05, 0.1) is 28.9 Å². The Kier molecular flexibility index (Phi) is 4.40. The Morgan fingerprint density at radius 2 is 2.11 bits per heavy atom. The minimum absolute atomic E-state index is 0.0704. The molecule has 144 valence electrons. The van der Waals surface area contributed by atoms with Crippen LogP contribution in [-0.4, -0.2) is 45.9 Å². The number of hydrogen-bond acceptors (Lipinski definition) is 7. The van der Waals surface area contributed by atoms with E-state index < -0.39 is 5.79 Å². The number of rotatable bonds is 4. The SMILES string of the molecule is C=C[C@H]1CC(n2c(=O)sc3c(C)nc(/N=C/NC)nc32)[C@@H]2OC(C)(C)O[C@H]12. The zero-order valence-electron chi connectivity index (χ0n) is 15.8. The summed E-state index contributed by atoms with van der Waals surface area (Å²) < 4.78 is 14.8. The van der Waals surface area contributed by atoms with E-state index in [9.17, 15) is 4.79 Å². The maximum atomic E-state index is 12.9. The van der Waals surface area contributed by atoms with E-state index in [1.807, 2.05) is 26.8 Å². The Labute approximate surface area is 160 Å². The number of hydrogen-bond donors (Lipinski definition) is 1. The Bertz CT molecular complexity index is 979. The summed E-state index contributed by atoms with van der Waals surface area (Å²) in [4.78, 5) is 25.9. The van der Waals surface area contributed by atoms with Crippen molar-refractivity contribution in [2.45, 2.75) is 51.2 Å². The minimum atomic E-state index is -0.683. The van der Waals surface area contributed by atoms with Crippen molar-refractivity contribution < 1.29 is 9.47 Å². The van der Waals surface area contributed by atoms with Crippen molar-refractivity contribution in [2.24, 2.45) is 10.9 Å². The van der Waals surface area contributed by atoms with E-state index in [2.05, 4.69) is 26.9 Å². The summed E-state index contributed by atoms with van der Waals surface area (Å²) >= 11 is 1.16. The number of aryl methyl sites for hydroxylation is 1. The van der Waals surface area contributed by atoms with Crippen molar-refractivity contribution in [3.05, 3.63) is 28.0 Å². The van der Waals surface area contributed by atoms with Gasteiger partial charge in [-0.1, -0.05) is 17.4 Å². The van der Waals surface area contributed by atoms with Crippen LogP contribution >= 0.6 is 11.3 Å². The van der Waals surface area contributed by atoms with Gasteiger partial charge in [0.25, 0.3) is 5.95 Å². The van der Waals surface area contributed by atoms with E-state index in [1.54, 1.807) is 11.6 Å². The maximum Gasteiger partial charge on any atom is 0.309 e. The standard InChI is InChI=1S/C18H23N5O3S/c1-6-10-7-11(13-12(10)25-18(3,4)26-13)23-15-14(27-17(23)24)9(2)21-16(22-15)20-8-19-5/h6,8,10-13H,1,7H2,2-5H3,(H,19,20,21,22)/t10-,11?,12+,13-/m0/s1.